The summed E-state index contributed by atoms with van der Waals surface area (Å²) in [5.41, 5.74) is 1.67. The summed E-state index contributed by atoms with van der Waals surface area (Å²) in [5, 5.41) is 3.23. The molecule has 1 amide bonds. The van der Waals surface area contributed by atoms with Gasteiger partial charge in [0.05, 0.1) is 5.41 Å². The lowest BCUT2D eigenvalue weighted by Gasteiger charge is -2.70. The summed E-state index contributed by atoms with van der Waals surface area (Å²) >= 11 is 0. The van der Waals surface area contributed by atoms with E-state index in [-0.39, 0.29) is 82.4 Å². The van der Waals surface area contributed by atoms with Crippen LogP contribution in [0.5, 0.6) is 0 Å². The number of ketones is 1. The molecule has 6 rings (SSSR count). The lowest BCUT2D eigenvalue weighted by molar-refractivity contribution is -0.213. The maximum absolute atomic E-state index is 14.4. The molecule has 0 aromatic rings. The second-order valence-corrected chi connectivity index (χ2v) is 18.2. The number of hydrogen-bond donors (Lipinski definition) is 1. The number of amides is 1. The lowest BCUT2D eigenvalue weighted by Crippen LogP contribution is -2.64. The highest BCUT2D eigenvalue weighted by Gasteiger charge is 2.69. The van der Waals surface area contributed by atoms with Crippen LogP contribution < -0.4 is 5.32 Å². The van der Waals surface area contributed by atoms with E-state index < -0.39 is 11.3 Å². The monoisotopic (exact) mass is 643 g/mol. The van der Waals surface area contributed by atoms with E-state index in [1.165, 1.54) is 12.5 Å². The van der Waals surface area contributed by atoms with Crippen molar-refractivity contribution in [1.29, 1.82) is 0 Å². The molecule has 258 valence electrons. The first-order valence-corrected chi connectivity index (χ1v) is 18.4. The minimum atomic E-state index is -2.59. The molecular weight excluding hydrogens is 584 g/mol. The minimum absolute atomic E-state index is 0.0340. The lowest BCUT2D eigenvalue weighted by atomic mass is 9.34. The van der Waals surface area contributed by atoms with Crippen LogP contribution in [0.4, 0.5) is 8.78 Å². The van der Waals surface area contributed by atoms with Crippen LogP contribution in [-0.4, -0.2) is 36.2 Å². The first kappa shape index (κ1) is 34.1. The Morgan fingerprint density at radius 3 is 2.20 bits per heavy atom. The van der Waals surface area contributed by atoms with Crippen LogP contribution in [0, 0.1) is 56.7 Å². The molecule has 0 bridgehead atoms. The number of ether oxygens (including phenoxy) is 1. The molecular formula is C39H59F2NO4. The van der Waals surface area contributed by atoms with E-state index in [1.807, 2.05) is 0 Å². The van der Waals surface area contributed by atoms with Gasteiger partial charge in [-0.15, -0.1) is 0 Å². The third kappa shape index (κ3) is 4.88. The molecule has 5 fully saturated rings. The second-order valence-electron chi connectivity index (χ2n) is 18.2. The average molecular weight is 644 g/mol. The number of hydrogen-bond acceptors (Lipinski definition) is 4. The van der Waals surface area contributed by atoms with Gasteiger partial charge in [-0.25, -0.2) is 8.78 Å². The van der Waals surface area contributed by atoms with Crippen molar-refractivity contribution in [3.8, 4) is 0 Å². The normalized spacial score (nSPS) is 43.3. The first-order valence-electron chi connectivity index (χ1n) is 18.4. The van der Waals surface area contributed by atoms with E-state index in [4.69, 9.17) is 4.74 Å². The van der Waals surface area contributed by atoms with Crippen LogP contribution in [0.3, 0.4) is 0 Å². The number of Topliss-reactive ketones (excluding diaryl/α,β-unsaturated/α-hetero) is 1. The zero-order chi connectivity index (χ0) is 33.7. The molecule has 46 heavy (non-hydrogen) atoms. The number of carbonyl (C=O) groups is 3. The Hall–Kier alpha value is -1.79. The first-order chi connectivity index (χ1) is 21.3. The molecule has 6 aliphatic carbocycles. The predicted molar refractivity (Wildman–Crippen MR) is 175 cm³/mol. The van der Waals surface area contributed by atoms with Crippen molar-refractivity contribution in [3.63, 3.8) is 0 Å². The molecule has 0 aromatic heterocycles. The van der Waals surface area contributed by atoms with Gasteiger partial charge in [0.15, 0.2) is 0 Å². The molecule has 1 N–H and O–H groups in total. The molecule has 5 saturated carbocycles. The molecule has 6 aliphatic rings. The van der Waals surface area contributed by atoms with Gasteiger partial charge in [0.2, 0.25) is 11.8 Å². The zero-order valence-electron chi connectivity index (χ0n) is 29.8. The largest absolute Gasteiger partial charge is 0.462 e. The summed E-state index contributed by atoms with van der Waals surface area (Å²) in [6.07, 6.45) is 8.51. The van der Waals surface area contributed by atoms with Gasteiger partial charge in [0.25, 0.3) is 0 Å². The topological polar surface area (TPSA) is 72.5 Å². The Morgan fingerprint density at radius 1 is 0.891 bits per heavy atom. The number of fused-ring (bicyclic) bond motifs is 6. The van der Waals surface area contributed by atoms with Gasteiger partial charge in [-0.05, 0) is 110 Å². The Balaban J connectivity index is 1.34. The molecule has 0 saturated heterocycles. The number of esters is 1. The molecule has 8 atom stereocenters. The molecule has 5 nitrogen and oxygen atoms in total. The Morgan fingerprint density at radius 2 is 1.57 bits per heavy atom. The van der Waals surface area contributed by atoms with Crippen molar-refractivity contribution in [1.82, 2.24) is 5.32 Å². The van der Waals surface area contributed by atoms with Gasteiger partial charge in [-0.2, -0.15) is 0 Å². The summed E-state index contributed by atoms with van der Waals surface area (Å²) in [6, 6.07) is 0. The highest BCUT2D eigenvalue weighted by molar-refractivity contribution is 6.00. The highest BCUT2D eigenvalue weighted by atomic mass is 19.3. The summed E-state index contributed by atoms with van der Waals surface area (Å²) in [6.45, 7) is 18.3. The van der Waals surface area contributed by atoms with Crippen molar-refractivity contribution >= 4 is 17.7 Å². The number of carbonyl (C=O) groups excluding carboxylic acids is 3. The summed E-state index contributed by atoms with van der Waals surface area (Å²) in [4.78, 5) is 40.3. The van der Waals surface area contributed by atoms with E-state index in [1.54, 1.807) is 0 Å². The summed E-state index contributed by atoms with van der Waals surface area (Å²) in [5.74, 6) is -1.72. The number of alkyl halides is 2. The third-order valence-corrected chi connectivity index (χ3v) is 15.4. The predicted octanol–water partition coefficient (Wildman–Crippen LogP) is 8.84. The van der Waals surface area contributed by atoms with Gasteiger partial charge in [-0.1, -0.05) is 54.0 Å². The van der Waals surface area contributed by atoms with E-state index in [9.17, 15) is 23.2 Å². The third-order valence-electron chi connectivity index (χ3n) is 15.4. The number of allylic oxidation sites excluding steroid dienone is 1. The van der Waals surface area contributed by atoms with E-state index in [2.05, 4.69) is 53.8 Å². The molecule has 3 unspecified atom stereocenters. The van der Waals surface area contributed by atoms with Crippen molar-refractivity contribution in [3.05, 3.63) is 11.1 Å². The SMILES string of the molecule is CC(=O)O[C@H]1CC[C@@]2(C)C(CC[C@]3(C)C2CCC2=C4C(C(C)C)C(=O)C[C@]4(C(=O)NCC4CCC(F)(F)CC4)CC[C@]23C)C1(C)C. The molecule has 0 aliphatic heterocycles. The Kier molecular flexibility index (Phi) is 8.24. The fraction of sp³-hybridized carbons (Fsp3) is 0.872. The van der Waals surface area contributed by atoms with E-state index in [0.29, 0.717) is 37.6 Å². The maximum atomic E-state index is 14.4. The van der Waals surface area contributed by atoms with Gasteiger partial charge >= 0.3 is 5.97 Å². The van der Waals surface area contributed by atoms with E-state index >= 15 is 0 Å². The van der Waals surface area contributed by atoms with Gasteiger partial charge < -0.3 is 10.1 Å². The van der Waals surface area contributed by atoms with Crippen LogP contribution in [0.2, 0.25) is 0 Å². The van der Waals surface area contributed by atoms with Crippen LogP contribution in [0.25, 0.3) is 0 Å². The van der Waals surface area contributed by atoms with E-state index in [0.717, 1.165) is 50.5 Å². The van der Waals surface area contributed by atoms with Crippen molar-refractivity contribution in [2.45, 2.75) is 151 Å². The Labute approximate surface area is 275 Å². The van der Waals surface area contributed by atoms with Crippen LogP contribution in [0.1, 0.15) is 139 Å². The molecule has 7 heteroatoms. The molecule has 0 heterocycles. The number of halogens is 2. The molecule has 0 aromatic carbocycles. The minimum Gasteiger partial charge on any atom is -0.462 e. The summed E-state index contributed by atoms with van der Waals surface area (Å²) in [7, 11) is 0. The fourth-order valence-electron chi connectivity index (χ4n) is 12.9. The smallest absolute Gasteiger partial charge is 0.302 e. The summed E-state index contributed by atoms with van der Waals surface area (Å²) < 4.78 is 33.5. The van der Waals surface area contributed by atoms with Crippen LogP contribution >= 0.6 is 0 Å². The Bertz CT molecular complexity index is 1310. The van der Waals surface area contributed by atoms with Gasteiger partial charge in [0.1, 0.15) is 11.9 Å². The zero-order valence-corrected chi connectivity index (χ0v) is 29.8. The maximum Gasteiger partial charge on any atom is 0.302 e. The number of nitrogens with one attached hydrogen (secondary N) is 1. The highest BCUT2D eigenvalue weighted by Crippen LogP contribution is 2.76. The number of rotatable bonds is 5. The molecule has 0 spiro atoms. The fourth-order valence-corrected chi connectivity index (χ4v) is 12.9. The van der Waals surface area contributed by atoms with Crippen molar-refractivity contribution < 1.29 is 27.9 Å². The van der Waals surface area contributed by atoms with Crippen LogP contribution in [-0.2, 0) is 19.1 Å². The van der Waals surface area contributed by atoms with Crippen molar-refractivity contribution in [2.75, 3.05) is 6.54 Å². The quantitative estimate of drug-likeness (QED) is 0.240. The van der Waals surface area contributed by atoms with Crippen molar-refractivity contribution in [2.24, 2.45) is 56.7 Å². The van der Waals surface area contributed by atoms with Gasteiger partial charge in [-0.3, -0.25) is 14.4 Å². The second kappa shape index (κ2) is 11.1. The standard InChI is InChI=1S/C39H59F2NO4/c1-23(2)31-27(44)21-38(33(45)42-22-25-11-17-39(40,41)18-12-25)20-19-36(7)26(32(31)38)9-10-29-35(6)15-14-30(46-24(3)43)34(4,5)28(35)13-16-37(29,36)8/h23,25,28-31H,9-22H2,1-8H3,(H,42,45)/t28?,29?,30-,31?,35-,36+,37+,38+/m0/s1. The van der Waals surface area contributed by atoms with Crippen LogP contribution in [0.15, 0.2) is 11.1 Å². The van der Waals surface area contributed by atoms with Gasteiger partial charge in [0, 0.05) is 44.1 Å². The average Bonchev–Trinajstić information content (AvgIpc) is 3.27. The molecule has 0 radical (unpaired) electrons.